The third-order valence-corrected chi connectivity index (χ3v) is 7.69. The van der Waals surface area contributed by atoms with Crippen molar-refractivity contribution in [1.29, 1.82) is 0 Å². The van der Waals surface area contributed by atoms with Crippen LogP contribution in [0.25, 0.3) is 22.4 Å². The van der Waals surface area contributed by atoms with Crippen molar-refractivity contribution in [2.45, 2.75) is 58.3 Å². The zero-order valence-corrected chi connectivity index (χ0v) is 25.8. The maximum atomic E-state index is 14.9. The van der Waals surface area contributed by atoms with Gasteiger partial charge in [-0.3, -0.25) is 4.68 Å². The van der Waals surface area contributed by atoms with Crippen LogP contribution in [0.15, 0.2) is 36.4 Å². The van der Waals surface area contributed by atoms with Crippen molar-refractivity contribution in [3.63, 3.8) is 0 Å². The predicted molar refractivity (Wildman–Crippen MR) is 153 cm³/mol. The summed E-state index contributed by atoms with van der Waals surface area (Å²) in [5.41, 5.74) is -6.72. The molecular formula is C29H28F5N5O6S. The molecule has 5 rings (SSSR count). The van der Waals surface area contributed by atoms with Crippen LogP contribution >= 0.6 is 0 Å². The summed E-state index contributed by atoms with van der Waals surface area (Å²) in [6.07, 6.45) is -0.807. The fourth-order valence-electron chi connectivity index (χ4n) is 4.74. The molecule has 1 amide bonds. The highest BCUT2D eigenvalue weighted by Crippen LogP contribution is 2.35. The van der Waals surface area contributed by atoms with E-state index in [2.05, 4.69) is 19.2 Å². The first-order valence-corrected chi connectivity index (χ1v) is 15.3. The topological polar surface area (TPSA) is 126 Å². The molecule has 0 bridgehead atoms. The van der Waals surface area contributed by atoms with Gasteiger partial charge in [-0.05, 0) is 33.8 Å². The van der Waals surface area contributed by atoms with Crippen LogP contribution in [0, 0.1) is 11.6 Å². The van der Waals surface area contributed by atoms with Crippen LogP contribution in [0.3, 0.4) is 0 Å². The molecule has 0 saturated carbocycles. The van der Waals surface area contributed by atoms with E-state index in [0.29, 0.717) is 10.9 Å². The highest BCUT2D eigenvalue weighted by atomic mass is 32.2. The van der Waals surface area contributed by atoms with Gasteiger partial charge in [0, 0.05) is 36.0 Å². The van der Waals surface area contributed by atoms with Crippen molar-refractivity contribution < 1.29 is 48.8 Å². The lowest BCUT2D eigenvalue weighted by molar-refractivity contribution is -0.0502. The lowest BCUT2D eigenvalue weighted by Gasteiger charge is -2.31. The van der Waals surface area contributed by atoms with Crippen LogP contribution in [0.4, 0.5) is 26.7 Å². The van der Waals surface area contributed by atoms with Crippen molar-refractivity contribution in [3.05, 3.63) is 64.9 Å². The molecule has 0 radical (unpaired) electrons. The van der Waals surface area contributed by atoms with Gasteiger partial charge in [0.25, 0.3) is 0 Å². The molecule has 2 aromatic carbocycles. The van der Waals surface area contributed by atoms with Crippen molar-refractivity contribution in [2.24, 2.45) is 0 Å². The predicted octanol–water partition coefficient (Wildman–Crippen LogP) is 5.74. The Hall–Kier alpha value is -4.54. The van der Waals surface area contributed by atoms with E-state index in [1.807, 2.05) is 0 Å². The third-order valence-electron chi connectivity index (χ3n) is 6.75. The average molecular weight is 670 g/mol. The number of rotatable bonds is 7. The molecule has 246 valence electrons. The minimum absolute atomic E-state index is 0.00120. The number of fused-ring (bicyclic) bond motifs is 2. The van der Waals surface area contributed by atoms with Gasteiger partial charge in [-0.15, -0.1) is 0 Å². The largest absolute Gasteiger partial charge is 0.534 e. The van der Waals surface area contributed by atoms with Crippen LogP contribution in [0.5, 0.6) is 11.6 Å². The summed E-state index contributed by atoms with van der Waals surface area (Å²) in [4.78, 5) is 22.4. The van der Waals surface area contributed by atoms with Crippen molar-refractivity contribution in [3.8, 4) is 23.1 Å². The van der Waals surface area contributed by atoms with Crippen molar-refractivity contribution in [1.82, 2.24) is 24.6 Å². The van der Waals surface area contributed by atoms with Crippen LogP contribution < -0.4 is 8.92 Å². The number of amides is 1. The lowest BCUT2D eigenvalue weighted by atomic mass is 10.1. The second kappa shape index (κ2) is 12.0. The molecule has 11 nitrogen and oxygen atoms in total. The number of benzene rings is 2. The van der Waals surface area contributed by atoms with Gasteiger partial charge in [0.05, 0.1) is 36.5 Å². The second-order valence-electron chi connectivity index (χ2n) is 11.2. The monoisotopic (exact) mass is 669 g/mol. The molecule has 0 unspecified atom stereocenters. The number of alkyl halides is 3. The number of hydrogen-bond acceptors (Lipinski definition) is 9. The van der Waals surface area contributed by atoms with Crippen LogP contribution in [0.1, 0.15) is 44.5 Å². The number of nitrogens with zero attached hydrogens (tertiary/aromatic N) is 5. The number of carbonyl (C=O) groups is 1. The summed E-state index contributed by atoms with van der Waals surface area (Å²) in [7, 11) is -6.19. The van der Waals surface area contributed by atoms with E-state index in [0.717, 1.165) is 17.0 Å². The molecule has 2 aromatic heterocycles. The summed E-state index contributed by atoms with van der Waals surface area (Å²) in [5.74, 6) is -3.04. The van der Waals surface area contributed by atoms with Crippen molar-refractivity contribution in [2.75, 3.05) is 13.2 Å². The standard InChI is InChI=1S/C29H28F5N5O6S/c1-5-43-16-12-20(30)18(21(31)13-16)15-39-23-9-7-6-8-17(23)24(37-39)25-35-22-10-11-38(27(40)44-28(2,3)4)14-19(22)26(36-25)45-46(41,42)29(32,33)34/h6-9,12-13H,5,10-11,14-15H2,1-4H3. The summed E-state index contributed by atoms with van der Waals surface area (Å²) in [6.45, 7) is 5.98. The first-order chi connectivity index (χ1) is 21.5. The zero-order valence-electron chi connectivity index (χ0n) is 25.0. The van der Waals surface area contributed by atoms with Crippen LogP contribution in [-0.4, -0.2) is 63.4 Å². The van der Waals surface area contributed by atoms with Gasteiger partial charge >= 0.3 is 21.7 Å². The maximum Gasteiger partial charge on any atom is 0.534 e. The van der Waals surface area contributed by atoms with E-state index in [1.54, 1.807) is 52.0 Å². The summed E-state index contributed by atoms with van der Waals surface area (Å²) >= 11 is 0. The Morgan fingerprint density at radius 2 is 1.72 bits per heavy atom. The van der Waals surface area contributed by atoms with E-state index in [4.69, 9.17) is 9.47 Å². The molecule has 0 spiro atoms. The number of para-hydroxylation sites is 1. The van der Waals surface area contributed by atoms with E-state index in [-0.39, 0.29) is 53.7 Å². The first kappa shape index (κ1) is 32.8. The van der Waals surface area contributed by atoms with E-state index < -0.39 is 57.9 Å². The summed E-state index contributed by atoms with van der Waals surface area (Å²) < 4.78 is 111. The molecular weight excluding hydrogens is 641 g/mol. The highest BCUT2D eigenvalue weighted by molar-refractivity contribution is 7.88. The number of aromatic nitrogens is 4. The second-order valence-corrected chi connectivity index (χ2v) is 12.8. The van der Waals surface area contributed by atoms with Gasteiger partial charge in [0.15, 0.2) is 5.82 Å². The number of ether oxygens (including phenoxy) is 2. The maximum absolute atomic E-state index is 14.9. The summed E-state index contributed by atoms with van der Waals surface area (Å²) in [5, 5.41) is 4.78. The van der Waals surface area contributed by atoms with Gasteiger partial charge in [0.2, 0.25) is 5.88 Å². The van der Waals surface area contributed by atoms with Crippen molar-refractivity contribution >= 4 is 27.1 Å². The van der Waals surface area contributed by atoms with E-state index >= 15 is 0 Å². The lowest BCUT2D eigenvalue weighted by Crippen LogP contribution is -2.40. The van der Waals surface area contributed by atoms with Gasteiger partial charge in [0.1, 0.15) is 28.7 Å². The SMILES string of the molecule is CCOc1cc(F)c(Cn2nc(-c3nc4c(c(OS(=O)(=O)C(F)(F)F)n3)CN(C(=O)OC(C)(C)C)CC4)c3ccccc32)c(F)c1. The Balaban J connectivity index is 1.61. The smallest absolute Gasteiger partial charge is 0.494 e. The molecule has 46 heavy (non-hydrogen) atoms. The minimum atomic E-state index is -6.19. The molecule has 0 saturated heterocycles. The normalized spacial score (nSPS) is 13.9. The van der Waals surface area contributed by atoms with Crippen LogP contribution in [0.2, 0.25) is 0 Å². The molecule has 17 heteroatoms. The van der Waals surface area contributed by atoms with E-state index in [1.165, 1.54) is 4.68 Å². The third kappa shape index (κ3) is 6.68. The minimum Gasteiger partial charge on any atom is -0.494 e. The quantitative estimate of drug-likeness (QED) is 0.138. The number of halogens is 5. The summed E-state index contributed by atoms with van der Waals surface area (Å²) in [6, 6.07) is 8.51. The Kier molecular flexibility index (Phi) is 8.57. The fourth-order valence-corrected chi connectivity index (χ4v) is 5.18. The zero-order chi connectivity index (χ0) is 33.6. The van der Waals surface area contributed by atoms with E-state index in [9.17, 15) is 35.2 Å². The Labute approximate surface area is 260 Å². The fraction of sp³-hybridized carbons (Fsp3) is 0.379. The molecule has 0 aliphatic carbocycles. The molecule has 0 fully saturated rings. The van der Waals surface area contributed by atoms with Gasteiger partial charge < -0.3 is 18.6 Å². The van der Waals surface area contributed by atoms with Gasteiger partial charge in [-0.25, -0.2) is 18.6 Å². The molecule has 3 heterocycles. The Bertz CT molecular complexity index is 1900. The molecule has 0 N–H and O–H groups in total. The number of carbonyl (C=O) groups excluding carboxylic acids is 1. The molecule has 0 atom stereocenters. The number of hydrogen-bond donors (Lipinski definition) is 0. The highest BCUT2D eigenvalue weighted by Gasteiger charge is 2.49. The molecule has 1 aliphatic rings. The van der Waals surface area contributed by atoms with Gasteiger partial charge in [-0.2, -0.15) is 31.7 Å². The average Bonchev–Trinajstić information content (AvgIpc) is 3.31. The van der Waals surface area contributed by atoms with Gasteiger partial charge in [-0.1, -0.05) is 18.2 Å². The first-order valence-electron chi connectivity index (χ1n) is 13.9. The Morgan fingerprint density at radius 3 is 2.35 bits per heavy atom. The van der Waals surface area contributed by atoms with Crippen LogP contribution in [-0.2, 0) is 34.4 Å². The molecule has 1 aliphatic heterocycles. The molecule has 4 aromatic rings. The Morgan fingerprint density at radius 1 is 1.04 bits per heavy atom.